The number of aliphatic hydroxyl groups excluding tert-OH is 1. The van der Waals surface area contributed by atoms with Crippen LogP contribution < -0.4 is 4.90 Å². The maximum atomic E-state index is 14.1. The van der Waals surface area contributed by atoms with Crippen molar-refractivity contribution >= 4 is 17.0 Å². The van der Waals surface area contributed by atoms with Crippen LogP contribution in [0, 0.1) is 5.82 Å². The molecular weight excluding hydrogens is 261 g/mol. The molecule has 1 aromatic carbocycles. The summed E-state index contributed by atoms with van der Waals surface area (Å²) in [6.45, 7) is 3.68. The van der Waals surface area contributed by atoms with Gasteiger partial charge < -0.3 is 10.0 Å². The minimum atomic E-state index is -0.649. The summed E-state index contributed by atoms with van der Waals surface area (Å²) in [5.74, 6) is -0.302. The Balaban J connectivity index is 2.26. The van der Waals surface area contributed by atoms with Gasteiger partial charge in [0.1, 0.15) is 5.82 Å². The highest BCUT2D eigenvalue weighted by Crippen LogP contribution is 2.30. The van der Waals surface area contributed by atoms with Crippen molar-refractivity contribution in [1.29, 1.82) is 0 Å². The molecule has 0 saturated carbocycles. The Labute approximate surface area is 117 Å². The first-order chi connectivity index (χ1) is 9.00. The second-order valence-corrected chi connectivity index (χ2v) is 5.67. The monoisotopic (exact) mass is 279 g/mol. The molecule has 2 aromatic rings. The molecule has 2 unspecified atom stereocenters. The van der Waals surface area contributed by atoms with Crippen LogP contribution in [-0.4, -0.2) is 12.2 Å². The number of benzene rings is 1. The van der Waals surface area contributed by atoms with Crippen molar-refractivity contribution in [2.45, 2.75) is 26.0 Å². The van der Waals surface area contributed by atoms with Crippen molar-refractivity contribution in [2.24, 2.45) is 0 Å². The molecule has 0 aliphatic rings. The molecule has 0 aliphatic heterocycles. The molecule has 1 aromatic heterocycles. The Bertz CT molecular complexity index is 539. The number of aliphatic hydroxyl groups is 1. The zero-order valence-corrected chi connectivity index (χ0v) is 12.1. The minimum Gasteiger partial charge on any atom is -0.389 e. The molecule has 0 amide bonds. The molecule has 0 fully saturated rings. The predicted octanol–water partition coefficient (Wildman–Crippen LogP) is 4.14. The van der Waals surface area contributed by atoms with Gasteiger partial charge in [0.2, 0.25) is 0 Å². The van der Waals surface area contributed by atoms with Crippen LogP contribution in [0.5, 0.6) is 0 Å². The number of anilines is 1. The molecule has 4 heteroatoms. The van der Waals surface area contributed by atoms with E-state index in [1.54, 1.807) is 30.4 Å². The minimum absolute atomic E-state index is 0.117. The van der Waals surface area contributed by atoms with Crippen LogP contribution in [0.15, 0.2) is 35.7 Å². The lowest BCUT2D eigenvalue weighted by Gasteiger charge is -2.27. The van der Waals surface area contributed by atoms with E-state index < -0.39 is 6.10 Å². The molecular formula is C15H18FNOS. The maximum Gasteiger partial charge on any atom is 0.146 e. The Morgan fingerprint density at radius 3 is 2.53 bits per heavy atom. The highest BCUT2D eigenvalue weighted by atomic mass is 32.1. The standard InChI is InChI=1S/C15H18FNOS/c1-10(15-5-4-8-19-15)17(3)14-7-6-12(11(2)18)9-13(14)16/h4-11,18H,1-3H3. The van der Waals surface area contributed by atoms with Gasteiger partial charge in [-0.25, -0.2) is 4.39 Å². The van der Waals surface area contributed by atoms with Crippen molar-refractivity contribution < 1.29 is 9.50 Å². The predicted molar refractivity (Wildman–Crippen MR) is 78.2 cm³/mol. The second-order valence-electron chi connectivity index (χ2n) is 4.69. The Morgan fingerprint density at radius 2 is 2.00 bits per heavy atom. The molecule has 1 heterocycles. The lowest BCUT2D eigenvalue weighted by atomic mass is 10.1. The first-order valence-corrected chi connectivity index (χ1v) is 7.12. The summed E-state index contributed by atoms with van der Waals surface area (Å²) >= 11 is 1.66. The fraction of sp³-hybridized carbons (Fsp3) is 0.333. The van der Waals surface area contributed by atoms with Crippen LogP contribution in [0.1, 0.15) is 36.4 Å². The lowest BCUT2D eigenvalue weighted by Crippen LogP contribution is -2.22. The molecule has 2 rings (SSSR count). The van der Waals surface area contributed by atoms with Crippen LogP contribution in [-0.2, 0) is 0 Å². The van der Waals surface area contributed by atoms with Gasteiger partial charge in [-0.15, -0.1) is 11.3 Å². The number of rotatable bonds is 4. The van der Waals surface area contributed by atoms with Crippen LogP contribution in [0.2, 0.25) is 0 Å². The number of nitrogens with zero attached hydrogens (tertiary/aromatic N) is 1. The van der Waals surface area contributed by atoms with Crippen LogP contribution in [0.4, 0.5) is 10.1 Å². The van der Waals surface area contributed by atoms with E-state index in [0.717, 1.165) is 0 Å². The largest absolute Gasteiger partial charge is 0.389 e. The summed E-state index contributed by atoms with van der Waals surface area (Å²) in [4.78, 5) is 3.11. The Kier molecular flexibility index (Phi) is 4.22. The van der Waals surface area contributed by atoms with E-state index in [9.17, 15) is 9.50 Å². The number of thiophene rings is 1. The van der Waals surface area contributed by atoms with E-state index in [1.165, 1.54) is 10.9 Å². The first-order valence-electron chi connectivity index (χ1n) is 6.24. The summed E-state index contributed by atoms with van der Waals surface area (Å²) in [6, 6.07) is 9.05. The number of hydrogen-bond acceptors (Lipinski definition) is 3. The second kappa shape index (κ2) is 5.72. The average Bonchev–Trinajstić information content (AvgIpc) is 2.90. The summed E-state index contributed by atoms with van der Waals surface area (Å²) in [5.41, 5.74) is 1.14. The van der Waals surface area contributed by atoms with Gasteiger partial charge in [-0.3, -0.25) is 0 Å². The van der Waals surface area contributed by atoms with Crippen LogP contribution >= 0.6 is 11.3 Å². The van der Waals surface area contributed by atoms with Gasteiger partial charge in [-0.05, 0) is 43.0 Å². The van der Waals surface area contributed by atoms with E-state index in [-0.39, 0.29) is 11.9 Å². The van der Waals surface area contributed by atoms with Crippen molar-refractivity contribution in [3.8, 4) is 0 Å². The third kappa shape index (κ3) is 2.96. The van der Waals surface area contributed by atoms with Gasteiger partial charge in [0.15, 0.2) is 0 Å². The molecule has 1 N–H and O–H groups in total. The first kappa shape index (κ1) is 14.0. The topological polar surface area (TPSA) is 23.5 Å². The third-order valence-corrected chi connectivity index (χ3v) is 4.41. The van der Waals surface area contributed by atoms with E-state index in [4.69, 9.17) is 0 Å². The number of halogens is 1. The Hall–Kier alpha value is -1.39. The normalized spacial score (nSPS) is 14.2. The zero-order chi connectivity index (χ0) is 14.0. The molecule has 2 nitrogen and oxygen atoms in total. The molecule has 19 heavy (non-hydrogen) atoms. The van der Waals surface area contributed by atoms with E-state index in [0.29, 0.717) is 11.3 Å². The number of hydrogen-bond donors (Lipinski definition) is 1. The Morgan fingerprint density at radius 1 is 1.26 bits per heavy atom. The summed E-state index contributed by atoms with van der Waals surface area (Å²) in [7, 11) is 1.88. The van der Waals surface area contributed by atoms with Crippen molar-refractivity contribution in [1.82, 2.24) is 0 Å². The fourth-order valence-corrected chi connectivity index (χ4v) is 2.82. The lowest BCUT2D eigenvalue weighted by molar-refractivity contribution is 0.199. The van der Waals surface area contributed by atoms with Gasteiger partial charge in [0.05, 0.1) is 17.8 Å². The molecule has 2 atom stereocenters. The highest BCUT2D eigenvalue weighted by Gasteiger charge is 2.17. The molecule has 0 radical (unpaired) electrons. The molecule has 0 aliphatic carbocycles. The van der Waals surface area contributed by atoms with Crippen molar-refractivity contribution in [3.05, 3.63) is 52.0 Å². The maximum absolute atomic E-state index is 14.1. The SMILES string of the molecule is CC(O)c1ccc(N(C)C(C)c2cccs2)c(F)c1. The van der Waals surface area contributed by atoms with Gasteiger partial charge >= 0.3 is 0 Å². The van der Waals surface area contributed by atoms with Crippen LogP contribution in [0.25, 0.3) is 0 Å². The summed E-state index contributed by atoms with van der Waals surface area (Å²) < 4.78 is 14.1. The van der Waals surface area contributed by atoms with E-state index >= 15 is 0 Å². The molecule has 0 bridgehead atoms. The van der Waals surface area contributed by atoms with Gasteiger partial charge in [-0.2, -0.15) is 0 Å². The summed E-state index contributed by atoms with van der Waals surface area (Å²) in [5, 5.41) is 11.5. The van der Waals surface area contributed by atoms with Crippen molar-refractivity contribution in [3.63, 3.8) is 0 Å². The summed E-state index contributed by atoms with van der Waals surface area (Å²) in [6.07, 6.45) is -0.649. The smallest absolute Gasteiger partial charge is 0.146 e. The van der Waals surface area contributed by atoms with E-state index in [2.05, 4.69) is 0 Å². The van der Waals surface area contributed by atoms with Gasteiger partial charge in [-0.1, -0.05) is 12.1 Å². The van der Waals surface area contributed by atoms with Gasteiger partial charge in [0, 0.05) is 11.9 Å². The fourth-order valence-electron chi connectivity index (χ4n) is 2.00. The van der Waals surface area contributed by atoms with E-state index in [1.807, 2.05) is 36.4 Å². The highest BCUT2D eigenvalue weighted by molar-refractivity contribution is 7.10. The molecule has 0 saturated heterocycles. The van der Waals surface area contributed by atoms with Crippen LogP contribution in [0.3, 0.4) is 0 Å². The van der Waals surface area contributed by atoms with Gasteiger partial charge in [0.25, 0.3) is 0 Å². The third-order valence-electron chi connectivity index (χ3n) is 3.37. The average molecular weight is 279 g/mol. The molecule has 102 valence electrons. The molecule has 0 spiro atoms. The zero-order valence-electron chi connectivity index (χ0n) is 11.3. The quantitative estimate of drug-likeness (QED) is 0.909. The van der Waals surface area contributed by atoms with Crippen molar-refractivity contribution in [2.75, 3.05) is 11.9 Å².